The Morgan fingerprint density at radius 1 is 1.16 bits per heavy atom. The van der Waals surface area contributed by atoms with Crippen molar-refractivity contribution in [3.63, 3.8) is 0 Å². The van der Waals surface area contributed by atoms with Crippen LogP contribution >= 0.6 is 11.3 Å². The standard InChI is InChI=1S/C15H15N3S/c1-3-16-15-13-10(2)6-4-7-11(13)17-14(18-15)12-8-5-9-19-12/h4-9H,3H2,1-2H3,(H,16,17,18). The summed E-state index contributed by atoms with van der Waals surface area (Å²) in [6.07, 6.45) is 0. The van der Waals surface area contributed by atoms with Gasteiger partial charge in [0, 0.05) is 11.9 Å². The number of anilines is 1. The molecule has 1 aromatic carbocycles. The first-order chi connectivity index (χ1) is 9.29. The molecule has 0 saturated heterocycles. The summed E-state index contributed by atoms with van der Waals surface area (Å²) in [7, 11) is 0. The number of nitrogens with one attached hydrogen (secondary N) is 1. The third-order valence-corrected chi connectivity index (χ3v) is 3.88. The summed E-state index contributed by atoms with van der Waals surface area (Å²) in [5.41, 5.74) is 2.19. The molecule has 3 rings (SSSR count). The lowest BCUT2D eigenvalue weighted by atomic mass is 10.1. The summed E-state index contributed by atoms with van der Waals surface area (Å²) in [4.78, 5) is 10.5. The minimum absolute atomic E-state index is 0.795. The van der Waals surface area contributed by atoms with E-state index in [9.17, 15) is 0 Å². The fraction of sp³-hybridized carbons (Fsp3) is 0.200. The smallest absolute Gasteiger partial charge is 0.172 e. The van der Waals surface area contributed by atoms with Crippen LogP contribution in [0, 0.1) is 6.92 Å². The van der Waals surface area contributed by atoms with Crippen molar-refractivity contribution in [3.8, 4) is 10.7 Å². The molecule has 0 unspecified atom stereocenters. The quantitative estimate of drug-likeness (QED) is 0.778. The fourth-order valence-electron chi connectivity index (χ4n) is 2.17. The molecule has 0 saturated carbocycles. The van der Waals surface area contributed by atoms with Gasteiger partial charge in [0.15, 0.2) is 5.82 Å². The van der Waals surface area contributed by atoms with E-state index in [1.165, 1.54) is 5.56 Å². The van der Waals surface area contributed by atoms with Gasteiger partial charge in [-0.15, -0.1) is 11.3 Å². The molecule has 2 heterocycles. The van der Waals surface area contributed by atoms with Crippen molar-refractivity contribution in [1.29, 1.82) is 0 Å². The predicted octanol–water partition coefficient (Wildman–Crippen LogP) is 4.10. The average molecular weight is 269 g/mol. The molecule has 4 heteroatoms. The van der Waals surface area contributed by atoms with Gasteiger partial charge >= 0.3 is 0 Å². The molecule has 96 valence electrons. The van der Waals surface area contributed by atoms with Gasteiger partial charge < -0.3 is 5.32 Å². The SMILES string of the molecule is CCNc1nc(-c2cccs2)nc2cccc(C)c12. The summed E-state index contributed by atoms with van der Waals surface area (Å²) in [6, 6.07) is 10.3. The second-order valence-electron chi connectivity index (χ2n) is 4.37. The molecule has 0 spiro atoms. The molecule has 0 atom stereocenters. The van der Waals surface area contributed by atoms with E-state index in [4.69, 9.17) is 0 Å². The van der Waals surface area contributed by atoms with Crippen LogP contribution < -0.4 is 5.32 Å². The first-order valence-corrected chi connectivity index (χ1v) is 7.22. The highest BCUT2D eigenvalue weighted by atomic mass is 32.1. The van der Waals surface area contributed by atoms with Gasteiger partial charge in [0.25, 0.3) is 0 Å². The van der Waals surface area contributed by atoms with E-state index >= 15 is 0 Å². The number of benzene rings is 1. The first kappa shape index (κ1) is 12.1. The van der Waals surface area contributed by atoms with Crippen LogP contribution in [0.2, 0.25) is 0 Å². The minimum atomic E-state index is 0.795. The third-order valence-electron chi connectivity index (χ3n) is 3.02. The van der Waals surface area contributed by atoms with Crippen molar-refractivity contribution in [2.75, 3.05) is 11.9 Å². The molecule has 0 aliphatic heterocycles. The number of fused-ring (bicyclic) bond motifs is 1. The molecule has 3 aromatic rings. The van der Waals surface area contributed by atoms with Gasteiger partial charge in [-0.3, -0.25) is 0 Å². The maximum Gasteiger partial charge on any atom is 0.172 e. The number of aromatic nitrogens is 2. The highest BCUT2D eigenvalue weighted by Gasteiger charge is 2.11. The summed E-state index contributed by atoms with van der Waals surface area (Å²) in [5.74, 6) is 1.72. The van der Waals surface area contributed by atoms with Gasteiger partial charge in [-0.25, -0.2) is 9.97 Å². The number of hydrogen-bond acceptors (Lipinski definition) is 4. The van der Waals surface area contributed by atoms with E-state index in [2.05, 4.69) is 41.3 Å². The molecule has 0 bridgehead atoms. The van der Waals surface area contributed by atoms with Gasteiger partial charge in [0.2, 0.25) is 0 Å². The zero-order valence-corrected chi connectivity index (χ0v) is 11.8. The van der Waals surface area contributed by atoms with Crippen molar-refractivity contribution in [2.24, 2.45) is 0 Å². The number of rotatable bonds is 3. The van der Waals surface area contributed by atoms with Crippen LogP contribution in [-0.4, -0.2) is 16.5 Å². The van der Waals surface area contributed by atoms with Crippen LogP contribution in [0.15, 0.2) is 35.7 Å². The Labute approximate surface area is 116 Å². The summed E-state index contributed by atoms with van der Waals surface area (Å²) >= 11 is 1.66. The fourth-order valence-corrected chi connectivity index (χ4v) is 2.82. The zero-order valence-electron chi connectivity index (χ0n) is 11.0. The normalized spacial score (nSPS) is 10.8. The van der Waals surface area contributed by atoms with E-state index in [-0.39, 0.29) is 0 Å². The lowest BCUT2D eigenvalue weighted by Gasteiger charge is -2.10. The van der Waals surface area contributed by atoms with Crippen molar-refractivity contribution < 1.29 is 0 Å². The lowest BCUT2D eigenvalue weighted by Crippen LogP contribution is -2.03. The van der Waals surface area contributed by atoms with Gasteiger partial charge in [-0.2, -0.15) is 0 Å². The highest BCUT2D eigenvalue weighted by Crippen LogP contribution is 2.29. The summed E-state index contributed by atoms with van der Waals surface area (Å²) < 4.78 is 0. The Morgan fingerprint density at radius 2 is 2.05 bits per heavy atom. The minimum Gasteiger partial charge on any atom is -0.370 e. The second kappa shape index (κ2) is 4.97. The number of hydrogen-bond donors (Lipinski definition) is 1. The highest BCUT2D eigenvalue weighted by molar-refractivity contribution is 7.13. The van der Waals surface area contributed by atoms with Crippen LogP contribution in [0.1, 0.15) is 12.5 Å². The summed E-state index contributed by atoms with van der Waals surface area (Å²) in [6.45, 7) is 5.03. The van der Waals surface area contributed by atoms with E-state index < -0.39 is 0 Å². The number of nitrogens with zero attached hydrogens (tertiary/aromatic N) is 2. The lowest BCUT2D eigenvalue weighted by molar-refractivity contribution is 1.15. The molecule has 19 heavy (non-hydrogen) atoms. The van der Waals surface area contributed by atoms with Gasteiger partial charge in [-0.1, -0.05) is 18.2 Å². The van der Waals surface area contributed by atoms with Crippen molar-refractivity contribution >= 4 is 28.1 Å². The van der Waals surface area contributed by atoms with Crippen LogP contribution in [0.4, 0.5) is 5.82 Å². The van der Waals surface area contributed by atoms with Gasteiger partial charge in [-0.05, 0) is 36.9 Å². The molecule has 3 nitrogen and oxygen atoms in total. The average Bonchev–Trinajstić information content (AvgIpc) is 2.92. The second-order valence-corrected chi connectivity index (χ2v) is 5.32. The Hall–Kier alpha value is -1.94. The Balaban J connectivity index is 2.28. The molecule has 2 aromatic heterocycles. The van der Waals surface area contributed by atoms with Crippen LogP contribution in [0.5, 0.6) is 0 Å². The maximum atomic E-state index is 4.68. The monoisotopic (exact) mass is 269 g/mol. The molecule has 1 N–H and O–H groups in total. The Morgan fingerprint density at radius 3 is 2.79 bits per heavy atom. The van der Waals surface area contributed by atoms with Crippen molar-refractivity contribution in [3.05, 3.63) is 41.3 Å². The van der Waals surface area contributed by atoms with Gasteiger partial charge in [0.1, 0.15) is 5.82 Å². The molecular formula is C15H15N3S. The number of aryl methyl sites for hydroxylation is 1. The van der Waals surface area contributed by atoms with E-state index in [1.807, 2.05) is 23.6 Å². The maximum absolute atomic E-state index is 4.68. The van der Waals surface area contributed by atoms with Gasteiger partial charge in [0.05, 0.1) is 10.4 Å². The molecular weight excluding hydrogens is 254 g/mol. The van der Waals surface area contributed by atoms with Crippen molar-refractivity contribution in [1.82, 2.24) is 9.97 Å². The first-order valence-electron chi connectivity index (χ1n) is 6.34. The Kier molecular flexibility index (Phi) is 3.17. The third kappa shape index (κ3) is 2.19. The molecule has 0 radical (unpaired) electrons. The van der Waals surface area contributed by atoms with Crippen molar-refractivity contribution in [2.45, 2.75) is 13.8 Å². The van der Waals surface area contributed by atoms with E-state index in [1.54, 1.807) is 11.3 Å². The summed E-state index contributed by atoms with van der Waals surface area (Å²) in [5, 5.41) is 6.51. The molecule has 0 aliphatic carbocycles. The molecule has 0 fully saturated rings. The Bertz CT molecular complexity index is 705. The predicted molar refractivity (Wildman–Crippen MR) is 81.8 cm³/mol. The number of thiophene rings is 1. The molecule has 0 aliphatic rings. The topological polar surface area (TPSA) is 37.8 Å². The van der Waals surface area contributed by atoms with Crippen LogP contribution in [-0.2, 0) is 0 Å². The van der Waals surface area contributed by atoms with E-state index in [0.29, 0.717) is 0 Å². The van der Waals surface area contributed by atoms with Crippen LogP contribution in [0.3, 0.4) is 0 Å². The van der Waals surface area contributed by atoms with Crippen LogP contribution in [0.25, 0.3) is 21.6 Å². The zero-order chi connectivity index (χ0) is 13.2. The largest absolute Gasteiger partial charge is 0.370 e. The van der Waals surface area contributed by atoms with E-state index in [0.717, 1.165) is 34.0 Å². The molecule has 0 amide bonds.